The Morgan fingerprint density at radius 1 is 0.286 bits per heavy atom. The van der Waals surface area contributed by atoms with Crippen LogP contribution in [-0.4, -0.2) is 0 Å². The fourth-order valence-electron chi connectivity index (χ4n) is 10.0. The molecule has 0 N–H and O–H groups in total. The number of rotatable bonds is 8. The number of hydrogen-bond donors (Lipinski definition) is 0. The van der Waals surface area contributed by atoms with Crippen LogP contribution in [0.15, 0.2) is 249 Å². The van der Waals surface area contributed by atoms with E-state index in [-0.39, 0.29) is 0 Å². The van der Waals surface area contributed by atoms with Gasteiger partial charge in [0, 0.05) is 37.2 Å². The van der Waals surface area contributed by atoms with Gasteiger partial charge in [-0.1, -0.05) is 194 Å². The third-order valence-electron chi connectivity index (χ3n) is 13.0. The second-order valence-corrected chi connectivity index (χ2v) is 17.5. The fourth-order valence-corrected chi connectivity index (χ4v) is 11.1. The maximum atomic E-state index is 2.45. The van der Waals surface area contributed by atoms with Gasteiger partial charge in [-0.05, 0) is 121 Å². The molecule has 0 saturated heterocycles. The molecule has 11 aromatic rings. The van der Waals surface area contributed by atoms with Crippen LogP contribution in [0.4, 0.5) is 17.1 Å². The third kappa shape index (κ3) is 6.22. The van der Waals surface area contributed by atoms with E-state index in [1.807, 2.05) is 11.3 Å². The van der Waals surface area contributed by atoms with Gasteiger partial charge in [-0.25, -0.2) is 0 Å². The predicted molar refractivity (Wildman–Crippen MR) is 268 cm³/mol. The largest absolute Gasteiger partial charge is 0.310 e. The Labute approximate surface area is 372 Å². The highest BCUT2D eigenvalue weighted by atomic mass is 32.1. The molecule has 12 rings (SSSR count). The number of nitrogens with zero attached hydrogens (tertiary/aromatic N) is 1. The van der Waals surface area contributed by atoms with E-state index in [1.165, 1.54) is 86.9 Å². The van der Waals surface area contributed by atoms with Crippen LogP contribution in [0, 0.1) is 0 Å². The second-order valence-electron chi connectivity index (χ2n) is 16.4. The van der Waals surface area contributed by atoms with E-state index in [4.69, 9.17) is 0 Å². The summed E-state index contributed by atoms with van der Waals surface area (Å²) in [5.74, 6) is 0. The van der Waals surface area contributed by atoms with Gasteiger partial charge < -0.3 is 4.90 Å². The van der Waals surface area contributed by atoms with Crippen molar-refractivity contribution in [2.45, 2.75) is 5.41 Å². The van der Waals surface area contributed by atoms with Gasteiger partial charge in [-0.3, -0.25) is 0 Å². The van der Waals surface area contributed by atoms with Crippen LogP contribution in [0.1, 0.15) is 22.3 Å². The molecule has 0 atom stereocenters. The van der Waals surface area contributed by atoms with E-state index >= 15 is 0 Å². The molecule has 1 aliphatic carbocycles. The first-order valence-electron chi connectivity index (χ1n) is 21.7. The van der Waals surface area contributed by atoms with E-state index in [1.54, 1.807) is 0 Å². The van der Waals surface area contributed by atoms with Crippen LogP contribution in [0.2, 0.25) is 0 Å². The van der Waals surface area contributed by atoms with Gasteiger partial charge in [0.2, 0.25) is 0 Å². The quantitative estimate of drug-likeness (QED) is 0.148. The molecule has 0 fully saturated rings. The van der Waals surface area contributed by atoms with E-state index in [9.17, 15) is 0 Å². The molecule has 2 heteroatoms. The van der Waals surface area contributed by atoms with Crippen molar-refractivity contribution in [2.75, 3.05) is 4.90 Å². The smallest absolute Gasteiger partial charge is 0.0714 e. The molecular formula is C61H41NS. The van der Waals surface area contributed by atoms with Crippen LogP contribution < -0.4 is 4.90 Å². The van der Waals surface area contributed by atoms with Crippen molar-refractivity contribution in [1.82, 2.24) is 0 Å². The lowest BCUT2D eigenvalue weighted by atomic mass is 9.67. The first-order valence-corrected chi connectivity index (χ1v) is 22.5. The SMILES string of the molecule is c1ccc(-c2ccc(-c3ccc(N(c4ccc(-c5ccc6sc7ccccc7c6c5)cc4)c4ccc5c(c4)C(c4ccccc4)(c4ccccc4)c4ccccc4-5)cc3)cc2)cc1. The van der Waals surface area contributed by atoms with Crippen molar-refractivity contribution in [3.8, 4) is 44.5 Å². The Balaban J connectivity index is 0.999. The summed E-state index contributed by atoms with van der Waals surface area (Å²) in [7, 11) is 0. The molecule has 0 unspecified atom stereocenters. The number of thiophene rings is 1. The molecule has 63 heavy (non-hydrogen) atoms. The van der Waals surface area contributed by atoms with Crippen LogP contribution in [0.5, 0.6) is 0 Å². The van der Waals surface area contributed by atoms with Crippen molar-refractivity contribution < 1.29 is 0 Å². The number of hydrogen-bond acceptors (Lipinski definition) is 2. The molecule has 0 aliphatic heterocycles. The summed E-state index contributed by atoms with van der Waals surface area (Å²) in [5, 5.41) is 2.63. The molecular weight excluding hydrogens is 779 g/mol. The zero-order valence-electron chi connectivity index (χ0n) is 34.5. The van der Waals surface area contributed by atoms with Crippen LogP contribution in [-0.2, 0) is 5.41 Å². The molecule has 1 aliphatic rings. The lowest BCUT2D eigenvalue weighted by molar-refractivity contribution is 0.768. The summed E-state index contributed by atoms with van der Waals surface area (Å²) >= 11 is 1.86. The zero-order chi connectivity index (χ0) is 41.7. The van der Waals surface area contributed by atoms with Gasteiger partial charge >= 0.3 is 0 Å². The van der Waals surface area contributed by atoms with Crippen LogP contribution in [0.3, 0.4) is 0 Å². The van der Waals surface area contributed by atoms with Gasteiger partial charge in [-0.2, -0.15) is 0 Å². The minimum Gasteiger partial charge on any atom is -0.310 e. The molecule has 0 radical (unpaired) electrons. The van der Waals surface area contributed by atoms with E-state index in [0.29, 0.717) is 0 Å². The van der Waals surface area contributed by atoms with Crippen molar-refractivity contribution >= 4 is 48.6 Å². The Morgan fingerprint density at radius 2 is 0.730 bits per heavy atom. The second kappa shape index (κ2) is 15.3. The first-order chi connectivity index (χ1) is 31.2. The number of anilines is 3. The summed E-state index contributed by atoms with van der Waals surface area (Å²) in [6, 6.07) is 91.5. The van der Waals surface area contributed by atoms with Crippen molar-refractivity contribution in [3.63, 3.8) is 0 Å². The van der Waals surface area contributed by atoms with Gasteiger partial charge in [-0.15, -0.1) is 11.3 Å². The Morgan fingerprint density at radius 3 is 1.37 bits per heavy atom. The average molecular weight is 820 g/mol. The maximum absolute atomic E-state index is 2.45. The van der Waals surface area contributed by atoms with Crippen molar-refractivity contribution in [1.29, 1.82) is 0 Å². The predicted octanol–water partition coefficient (Wildman–Crippen LogP) is 16.9. The molecule has 0 amide bonds. The first kappa shape index (κ1) is 37.0. The minimum absolute atomic E-state index is 0.500. The molecule has 1 aromatic heterocycles. The third-order valence-corrected chi connectivity index (χ3v) is 14.1. The average Bonchev–Trinajstić information content (AvgIpc) is 3.89. The topological polar surface area (TPSA) is 3.24 Å². The summed E-state index contributed by atoms with van der Waals surface area (Å²) in [6.45, 7) is 0. The standard InChI is InChI=1S/C61H41NS/c1-4-14-42(15-5-1)43-24-26-44(27-25-43)45-28-33-50(34-29-45)62(51-35-30-46(31-36-51)47-32-39-60-56(40-47)55-21-11-13-23-59(55)63-60)52-37-38-54-53-20-10-12-22-57(53)61(58(54)41-52,48-16-6-2-7-17-48)49-18-8-3-9-19-49/h1-41H. The van der Waals surface area contributed by atoms with Gasteiger partial charge in [0.15, 0.2) is 0 Å². The minimum atomic E-state index is -0.500. The molecule has 10 aromatic carbocycles. The summed E-state index contributed by atoms with van der Waals surface area (Å²) < 4.78 is 2.64. The van der Waals surface area contributed by atoms with E-state index in [0.717, 1.165) is 17.1 Å². The molecule has 1 heterocycles. The lowest BCUT2D eigenvalue weighted by Crippen LogP contribution is -2.28. The molecule has 0 bridgehead atoms. The van der Waals surface area contributed by atoms with Gasteiger partial charge in [0.05, 0.1) is 5.41 Å². The number of fused-ring (bicyclic) bond motifs is 6. The fraction of sp³-hybridized carbons (Fsp3) is 0.0164. The maximum Gasteiger partial charge on any atom is 0.0714 e. The summed E-state index contributed by atoms with van der Waals surface area (Å²) in [4.78, 5) is 2.42. The monoisotopic (exact) mass is 819 g/mol. The molecule has 0 spiro atoms. The highest BCUT2D eigenvalue weighted by Crippen LogP contribution is 2.57. The van der Waals surface area contributed by atoms with Crippen molar-refractivity contribution in [3.05, 3.63) is 271 Å². The molecule has 0 saturated carbocycles. The van der Waals surface area contributed by atoms with Gasteiger partial charge in [0.1, 0.15) is 0 Å². The van der Waals surface area contributed by atoms with Gasteiger partial charge in [0.25, 0.3) is 0 Å². The normalized spacial score (nSPS) is 12.6. The summed E-state index contributed by atoms with van der Waals surface area (Å²) in [6.07, 6.45) is 0. The molecule has 296 valence electrons. The van der Waals surface area contributed by atoms with E-state index < -0.39 is 5.41 Å². The molecule has 1 nitrogen and oxygen atoms in total. The highest BCUT2D eigenvalue weighted by Gasteiger charge is 2.46. The Bertz CT molecular complexity index is 3370. The van der Waals surface area contributed by atoms with E-state index in [2.05, 4.69) is 254 Å². The number of benzene rings is 10. The Hall–Kier alpha value is -7.78. The lowest BCUT2D eigenvalue weighted by Gasteiger charge is -2.35. The Kier molecular flexibility index (Phi) is 8.98. The van der Waals surface area contributed by atoms with Crippen LogP contribution >= 0.6 is 11.3 Å². The zero-order valence-corrected chi connectivity index (χ0v) is 35.3. The highest BCUT2D eigenvalue weighted by molar-refractivity contribution is 7.25. The van der Waals surface area contributed by atoms with Crippen molar-refractivity contribution in [2.24, 2.45) is 0 Å². The van der Waals surface area contributed by atoms with Crippen LogP contribution in [0.25, 0.3) is 64.7 Å². The summed E-state index contributed by atoms with van der Waals surface area (Å²) in [5.41, 5.74) is 17.7.